The summed E-state index contributed by atoms with van der Waals surface area (Å²) in [7, 11) is 2.00. The van der Waals surface area contributed by atoms with Gasteiger partial charge in [0.2, 0.25) is 5.91 Å². The number of hydrogen-bond donors (Lipinski definition) is 1. The normalized spacial score (nSPS) is 14.5. The minimum atomic E-state index is 0.0185. The molecule has 0 unspecified atom stereocenters. The molecule has 0 aliphatic carbocycles. The van der Waals surface area contributed by atoms with Gasteiger partial charge in [-0.25, -0.2) is 9.97 Å². The van der Waals surface area contributed by atoms with Gasteiger partial charge in [0.05, 0.1) is 6.54 Å². The fraction of sp³-hybridized carbons (Fsp3) is 0.450. The molecule has 2 heterocycles. The number of carbonyl (C=O) groups excluding carboxylic acids is 1. The van der Waals surface area contributed by atoms with Crippen LogP contribution in [0.15, 0.2) is 24.5 Å². The van der Waals surface area contributed by atoms with E-state index in [4.69, 9.17) is 0 Å². The lowest BCUT2D eigenvalue weighted by Crippen LogP contribution is -2.60. The van der Waals surface area contributed by atoms with Crippen molar-refractivity contribution in [2.24, 2.45) is 0 Å². The van der Waals surface area contributed by atoms with Gasteiger partial charge >= 0.3 is 0 Å². The predicted molar refractivity (Wildman–Crippen MR) is 105 cm³/mol. The first-order chi connectivity index (χ1) is 12.3. The summed E-state index contributed by atoms with van der Waals surface area (Å²) < 4.78 is 0. The molecule has 1 fully saturated rings. The lowest BCUT2D eigenvalue weighted by molar-refractivity contribution is -0.117. The monoisotopic (exact) mass is 353 g/mol. The third kappa shape index (κ3) is 4.02. The molecule has 6 nitrogen and oxygen atoms in total. The largest absolute Gasteiger partial charge is 0.353 e. The zero-order chi connectivity index (χ0) is 18.8. The molecule has 0 atom stereocenters. The van der Waals surface area contributed by atoms with Gasteiger partial charge in [0.1, 0.15) is 12.1 Å². The number of likely N-dealkylation sites (N-methyl/N-ethyl adjacent to an activating group) is 1. The summed E-state index contributed by atoms with van der Waals surface area (Å²) in [6.07, 6.45) is 1.62. The number of nitrogens with one attached hydrogen (secondary N) is 1. The van der Waals surface area contributed by atoms with Gasteiger partial charge in [0.25, 0.3) is 0 Å². The molecule has 3 rings (SSSR count). The highest BCUT2D eigenvalue weighted by atomic mass is 16.2. The minimum Gasteiger partial charge on any atom is -0.353 e. The molecular weight excluding hydrogens is 326 g/mol. The number of benzene rings is 1. The zero-order valence-corrected chi connectivity index (χ0v) is 16.2. The molecule has 2 aromatic rings. The molecule has 1 amide bonds. The number of hydrogen-bond acceptors (Lipinski definition) is 5. The van der Waals surface area contributed by atoms with Crippen molar-refractivity contribution in [1.82, 2.24) is 14.9 Å². The molecule has 26 heavy (non-hydrogen) atoms. The van der Waals surface area contributed by atoms with Crippen LogP contribution < -0.4 is 10.2 Å². The number of aromatic nitrogens is 2. The number of rotatable bonds is 5. The van der Waals surface area contributed by atoms with Gasteiger partial charge in [0.15, 0.2) is 0 Å². The van der Waals surface area contributed by atoms with Gasteiger partial charge in [-0.15, -0.1) is 0 Å². The van der Waals surface area contributed by atoms with Crippen molar-refractivity contribution in [1.29, 1.82) is 0 Å². The van der Waals surface area contributed by atoms with Crippen molar-refractivity contribution in [3.8, 4) is 0 Å². The molecule has 0 spiro atoms. The maximum atomic E-state index is 12.4. The van der Waals surface area contributed by atoms with Crippen LogP contribution in [0.1, 0.15) is 22.4 Å². The van der Waals surface area contributed by atoms with E-state index in [0.29, 0.717) is 12.6 Å². The van der Waals surface area contributed by atoms with Crippen LogP contribution in [0.2, 0.25) is 0 Å². The van der Waals surface area contributed by atoms with Crippen molar-refractivity contribution in [2.75, 3.05) is 36.9 Å². The molecule has 1 N–H and O–H groups in total. The van der Waals surface area contributed by atoms with Crippen molar-refractivity contribution in [3.05, 3.63) is 46.9 Å². The molecule has 1 saturated heterocycles. The second-order valence-electron chi connectivity index (χ2n) is 7.31. The Kier molecular flexibility index (Phi) is 5.23. The molecule has 0 bridgehead atoms. The van der Waals surface area contributed by atoms with Gasteiger partial charge in [-0.05, 0) is 58.0 Å². The maximum Gasteiger partial charge on any atom is 0.238 e. The Labute approximate surface area is 155 Å². The first kappa shape index (κ1) is 18.3. The van der Waals surface area contributed by atoms with Gasteiger partial charge < -0.3 is 10.2 Å². The third-order valence-corrected chi connectivity index (χ3v) is 4.99. The minimum absolute atomic E-state index is 0.0185. The Bertz CT molecular complexity index is 794. The van der Waals surface area contributed by atoms with Gasteiger partial charge in [-0.2, -0.15) is 0 Å². The van der Waals surface area contributed by atoms with Crippen LogP contribution in [0.25, 0.3) is 0 Å². The summed E-state index contributed by atoms with van der Waals surface area (Å²) in [4.78, 5) is 25.3. The molecule has 1 aromatic heterocycles. The second-order valence-corrected chi connectivity index (χ2v) is 7.31. The summed E-state index contributed by atoms with van der Waals surface area (Å²) in [5.74, 6) is 1.02. The lowest BCUT2D eigenvalue weighted by Gasteiger charge is -2.45. The van der Waals surface area contributed by atoms with Crippen molar-refractivity contribution in [2.45, 2.75) is 33.7 Å². The SMILES string of the molecule is Cc1cc(C)cc(NC(=O)CN(C)C2CN(c3ncnc(C)c3C)C2)c1. The number of carbonyl (C=O) groups is 1. The average Bonchev–Trinajstić information content (AvgIpc) is 2.48. The molecule has 0 radical (unpaired) electrons. The van der Waals surface area contributed by atoms with Crippen molar-refractivity contribution < 1.29 is 4.79 Å². The van der Waals surface area contributed by atoms with Crippen LogP contribution >= 0.6 is 0 Å². The Hall–Kier alpha value is -2.47. The Morgan fingerprint density at radius 1 is 1.15 bits per heavy atom. The van der Waals surface area contributed by atoms with E-state index in [1.807, 2.05) is 40.0 Å². The van der Waals surface area contributed by atoms with Crippen LogP contribution in [-0.2, 0) is 4.79 Å². The quantitative estimate of drug-likeness (QED) is 0.895. The van der Waals surface area contributed by atoms with Gasteiger partial charge in [0, 0.05) is 36.1 Å². The van der Waals surface area contributed by atoms with Gasteiger partial charge in [-0.3, -0.25) is 9.69 Å². The van der Waals surface area contributed by atoms with E-state index in [2.05, 4.69) is 38.1 Å². The first-order valence-electron chi connectivity index (χ1n) is 8.95. The summed E-state index contributed by atoms with van der Waals surface area (Å²) >= 11 is 0. The van der Waals surface area contributed by atoms with Crippen LogP contribution in [0, 0.1) is 27.7 Å². The van der Waals surface area contributed by atoms with E-state index in [-0.39, 0.29) is 5.91 Å². The van der Waals surface area contributed by atoms with Gasteiger partial charge in [-0.1, -0.05) is 6.07 Å². The highest BCUT2D eigenvalue weighted by molar-refractivity contribution is 5.92. The molecule has 6 heteroatoms. The van der Waals surface area contributed by atoms with Crippen LogP contribution in [0.3, 0.4) is 0 Å². The van der Waals surface area contributed by atoms with Crippen molar-refractivity contribution in [3.63, 3.8) is 0 Å². The number of aryl methyl sites for hydroxylation is 3. The number of nitrogens with zero attached hydrogens (tertiary/aromatic N) is 4. The number of amides is 1. The van der Waals surface area contributed by atoms with E-state index >= 15 is 0 Å². The third-order valence-electron chi connectivity index (χ3n) is 4.99. The lowest BCUT2D eigenvalue weighted by atomic mass is 10.1. The number of anilines is 2. The van der Waals surface area contributed by atoms with Crippen LogP contribution in [0.4, 0.5) is 11.5 Å². The Balaban J connectivity index is 1.52. The van der Waals surface area contributed by atoms with E-state index in [0.717, 1.165) is 47.0 Å². The van der Waals surface area contributed by atoms with E-state index in [9.17, 15) is 4.79 Å². The summed E-state index contributed by atoms with van der Waals surface area (Å²) in [6.45, 7) is 10.3. The van der Waals surface area contributed by atoms with Crippen LogP contribution in [0.5, 0.6) is 0 Å². The van der Waals surface area contributed by atoms with E-state index < -0.39 is 0 Å². The summed E-state index contributed by atoms with van der Waals surface area (Å²) in [5, 5.41) is 3.00. The average molecular weight is 353 g/mol. The molecule has 0 saturated carbocycles. The Morgan fingerprint density at radius 2 is 1.81 bits per heavy atom. The van der Waals surface area contributed by atoms with Crippen molar-refractivity contribution >= 4 is 17.4 Å². The Morgan fingerprint density at radius 3 is 2.46 bits per heavy atom. The molecule has 1 aliphatic rings. The highest BCUT2D eigenvalue weighted by Crippen LogP contribution is 2.25. The molecule has 1 aromatic carbocycles. The molecule has 1 aliphatic heterocycles. The van der Waals surface area contributed by atoms with Crippen LogP contribution in [-0.4, -0.2) is 53.5 Å². The molecular formula is C20H27N5O. The summed E-state index contributed by atoms with van der Waals surface area (Å²) in [5.41, 5.74) is 5.31. The smallest absolute Gasteiger partial charge is 0.238 e. The fourth-order valence-electron chi connectivity index (χ4n) is 3.35. The fourth-order valence-corrected chi connectivity index (χ4v) is 3.35. The predicted octanol–water partition coefficient (Wildman–Crippen LogP) is 2.47. The van der Waals surface area contributed by atoms with E-state index in [1.165, 1.54) is 0 Å². The molecule has 138 valence electrons. The zero-order valence-electron chi connectivity index (χ0n) is 16.2. The highest BCUT2D eigenvalue weighted by Gasteiger charge is 2.32. The maximum absolute atomic E-state index is 12.4. The first-order valence-corrected chi connectivity index (χ1v) is 8.95. The second kappa shape index (κ2) is 7.41. The topological polar surface area (TPSA) is 61.4 Å². The van der Waals surface area contributed by atoms with E-state index in [1.54, 1.807) is 6.33 Å². The standard InChI is InChI=1S/C20H27N5O/c1-13-6-14(2)8-17(7-13)23-19(26)11-24(5)18-9-25(10-18)20-15(3)16(4)21-12-22-20/h6-8,12,18H,9-11H2,1-5H3,(H,23,26). The summed E-state index contributed by atoms with van der Waals surface area (Å²) in [6, 6.07) is 6.45.